The van der Waals surface area contributed by atoms with Gasteiger partial charge in [-0.1, -0.05) is 12.1 Å². The standard InChI is InChI=1S/C9H9O/c1-7-6-8-4-2-3-5-9(8)10-7/h2,4-5,7H,6H2,1H3. The van der Waals surface area contributed by atoms with Crippen molar-refractivity contribution in [1.82, 2.24) is 0 Å². The molecule has 1 nitrogen and oxygen atoms in total. The highest BCUT2D eigenvalue weighted by molar-refractivity contribution is 5.36. The van der Waals surface area contributed by atoms with Gasteiger partial charge >= 0.3 is 0 Å². The smallest absolute Gasteiger partial charge is 0.123 e. The van der Waals surface area contributed by atoms with E-state index < -0.39 is 0 Å². The van der Waals surface area contributed by atoms with E-state index in [1.807, 2.05) is 12.1 Å². The SMILES string of the molecule is CC1Cc2cc[c]cc2O1. The molecule has 1 atom stereocenters. The van der Waals surface area contributed by atoms with Gasteiger partial charge in [0, 0.05) is 6.42 Å². The van der Waals surface area contributed by atoms with E-state index >= 15 is 0 Å². The third-order valence-corrected chi connectivity index (χ3v) is 1.75. The van der Waals surface area contributed by atoms with E-state index in [1.165, 1.54) is 5.56 Å². The normalized spacial score (nSPS) is 21.9. The van der Waals surface area contributed by atoms with Crippen molar-refractivity contribution in [2.24, 2.45) is 0 Å². The molecule has 1 heteroatoms. The molecule has 0 bridgehead atoms. The quantitative estimate of drug-likeness (QED) is 0.524. The van der Waals surface area contributed by atoms with E-state index in [9.17, 15) is 0 Å². The maximum absolute atomic E-state index is 5.48. The Morgan fingerprint density at radius 1 is 1.70 bits per heavy atom. The van der Waals surface area contributed by atoms with E-state index in [1.54, 1.807) is 0 Å². The van der Waals surface area contributed by atoms with Crippen molar-refractivity contribution in [2.45, 2.75) is 19.4 Å². The van der Waals surface area contributed by atoms with Crippen molar-refractivity contribution >= 4 is 0 Å². The highest BCUT2D eigenvalue weighted by atomic mass is 16.5. The average Bonchev–Trinajstić information content (AvgIpc) is 2.27. The van der Waals surface area contributed by atoms with Crippen LogP contribution in [0.1, 0.15) is 12.5 Å². The predicted octanol–water partition coefficient (Wildman–Crippen LogP) is 1.81. The number of benzene rings is 1. The van der Waals surface area contributed by atoms with Crippen LogP contribution in [0.2, 0.25) is 0 Å². The van der Waals surface area contributed by atoms with Gasteiger partial charge in [0.2, 0.25) is 0 Å². The monoisotopic (exact) mass is 133 g/mol. The third-order valence-electron chi connectivity index (χ3n) is 1.75. The van der Waals surface area contributed by atoms with Crippen molar-refractivity contribution in [2.75, 3.05) is 0 Å². The summed E-state index contributed by atoms with van der Waals surface area (Å²) in [6.07, 6.45) is 1.40. The van der Waals surface area contributed by atoms with Gasteiger partial charge in [-0.2, -0.15) is 0 Å². The van der Waals surface area contributed by atoms with Crippen LogP contribution in [0.4, 0.5) is 0 Å². The summed E-state index contributed by atoms with van der Waals surface area (Å²) in [6.45, 7) is 2.08. The first-order chi connectivity index (χ1) is 4.86. The largest absolute Gasteiger partial charge is 0.490 e. The molecule has 10 heavy (non-hydrogen) atoms. The van der Waals surface area contributed by atoms with Crippen LogP contribution in [0.5, 0.6) is 5.75 Å². The summed E-state index contributed by atoms with van der Waals surface area (Å²) in [6, 6.07) is 8.89. The molecule has 0 fully saturated rings. The Morgan fingerprint density at radius 3 is 3.40 bits per heavy atom. The Balaban J connectivity index is 2.42. The zero-order valence-corrected chi connectivity index (χ0v) is 5.92. The lowest BCUT2D eigenvalue weighted by Crippen LogP contribution is -2.05. The second-order valence-electron chi connectivity index (χ2n) is 2.67. The van der Waals surface area contributed by atoms with Gasteiger partial charge in [-0.15, -0.1) is 0 Å². The maximum Gasteiger partial charge on any atom is 0.123 e. The summed E-state index contributed by atoms with van der Waals surface area (Å²) in [5.74, 6) is 1.01. The van der Waals surface area contributed by atoms with Gasteiger partial charge in [-0.25, -0.2) is 0 Å². The van der Waals surface area contributed by atoms with Crippen LogP contribution >= 0.6 is 0 Å². The Bertz CT molecular complexity index is 217. The number of fused-ring (bicyclic) bond motifs is 1. The Labute approximate surface area is 60.6 Å². The highest BCUT2D eigenvalue weighted by Gasteiger charge is 2.16. The van der Waals surface area contributed by atoms with Gasteiger partial charge in [-0.05, 0) is 24.6 Å². The molecule has 1 aliphatic rings. The number of rotatable bonds is 0. The zero-order valence-electron chi connectivity index (χ0n) is 5.92. The van der Waals surface area contributed by atoms with Crippen LogP contribution in [0.25, 0.3) is 0 Å². The first-order valence-corrected chi connectivity index (χ1v) is 3.52. The zero-order chi connectivity index (χ0) is 6.97. The molecule has 0 saturated carbocycles. The molecule has 1 aromatic carbocycles. The molecule has 2 rings (SSSR count). The van der Waals surface area contributed by atoms with Gasteiger partial charge in [0.1, 0.15) is 11.9 Å². The second kappa shape index (κ2) is 2.01. The predicted molar refractivity (Wildman–Crippen MR) is 39.1 cm³/mol. The minimum atomic E-state index is 0.353. The van der Waals surface area contributed by atoms with Gasteiger partial charge in [0.15, 0.2) is 0 Å². The summed E-state index contributed by atoms with van der Waals surface area (Å²) in [7, 11) is 0. The van der Waals surface area contributed by atoms with Crippen molar-refractivity contribution in [3.8, 4) is 5.75 Å². The van der Waals surface area contributed by atoms with Crippen molar-refractivity contribution < 1.29 is 4.74 Å². The van der Waals surface area contributed by atoms with Gasteiger partial charge in [-0.3, -0.25) is 0 Å². The van der Waals surface area contributed by atoms with Crippen molar-refractivity contribution in [1.29, 1.82) is 0 Å². The number of hydrogen-bond donors (Lipinski definition) is 0. The molecule has 1 aromatic rings. The molecule has 0 saturated heterocycles. The molecule has 1 heterocycles. The summed E-state index contributed by atoms with van der Waals surface area (Å²) < 4.78 is 5.48. The van der Waals surface area contributed by atoms with E-state index in [4.69, 9.17) is 4.74 Å². The van der Waals surface area contributed by atoms with E-state index in [0.29, 0.717) is 6.10 Å². The fourth-order valence-electron chi connectivity index (χ4n) is 1.29. The van der Waals surface area contributed by atoms with Crippen LogP contribution in [0, 0.1) is 6.07 Å². The van der Waals surface area contributed by atoms with Crippen molar-refractivity contribution in [3.63, 3.8) is 0 Å². The fourth-order valence-corrected chi connectivity index (χ4v) is 1.29. The minimum absolute atomic E-state index is 0.353. The molecule has 1 unspecified atom stereocenters. The molecule has 1 aliphatic heterocycles. The van der Waals surface area contributed by atoms with Gasteiger partial charge in [0.05, 0.1) is 0 Å². The molecule has 51 valence electrons. The molecule has 0 aromatic heterocycles. The first-order valence-electron chi connectivity index (χ1n) is 3.52. The third kappa shape index (κ3) is 0.783. The maximum atomic E-state index is 5.48. The van der Waals surface area contributed by atoms with Crippen LogP contribution in [-0.2, 0) is 6.42 Å². The lowest BCUT2D eigenvalue weighted by molar-refractivity contribution is 0.254. The molecule has 0 amide bonds. The second-order valence-corrected chi connectivity index (χ2v) is 2.67. The molecule has 0 N–H and O–H groups in total. The molecule has 0 aliphatic carbocycles. The van der Waals surface area contributed by atoms with Crippen LogP contribution in [0.15, 0.2) is 18.2 Å². The van der Waals surface area contributed by atoms with E-state index in [2.05, 4.69) is 19.1 Å². The molecular weight excluding hydrogens is 124 g/mol. The molecule has 1 radical (unpaired) electrons. The molecule has 0 spiro atoms. The van der Waals surface area contributed by atoms with Crippen LogP contribution in [-0.4, -0.2) is 6.10 Å². The Morgan fingerprint density at radius 2 is 2.60 bits per heavy atom. The summed E-state index contributed by atoms with van der Waals surface area (Å²) >= 11 is 0. The lowest BCUT2D eigenvalue weighted by Gasteiger charge is -2.00. The molecular formula is C9H9O. The Kier molecular flexibility index (Phi) is 1.16. The van der Waals surface area contributed by atoms with Gasteiger partial charge in [0.25, 0.3) is 0 Å². The van der Waals surface area contributed by atoms with Crippen LogP contribution in [0.3, 0.4) is 0 Å². The summed E-state index contributed by atoms with van der Waals surface area (Å²) in [4.78, 5) is 0. The summed E-state index contributed by atoms with van der Waals surface area (Å²) in [5, 5.41) is 0. The van der Waals surface area contributed by atoms with E-state index in [-0.39, 0.29) is 0 Å². The highest BCUT2D eigenvalue weighted by Crippen LogP contribution is 2.27. The summed E-state index contributed by atoms with van der Waals surface area (Å²) in [5.41, 5.74) is 1.31. The van der Waals surface area contributed by atoms with Gasteiger partial charge < -0.3 is 4.74 Å². The Hall–Kier alpha value is -0.980. The first kappa shape index (κ1) is 5.78. The minimum Gasteiger partial charge on any atom is -0.490 e. The number of ether oxygens (including phenoxy) is 1. The topological polar surface area (TPSA) is 9.23 Å². The lowest BCUT2D eigenvalue weighted by atomic mass is 10.1. The number of hydrogen-bond acceptors (Lipinski definition) is 1. The van der Waals surface area contributed by atoms with Crippen molar-refractivity contribution in [3.05, 3.63) is 29.8 Å². The van der Waals surface area contributed by atoms with Crippen LogP contribution < -0.4 is 4.74 Å². The van der Waals surface area contributed by atoms with E-state index in [0.717, 1.165) is 12.2 Å². The average molecular weight is 133 g/mol. The fraction of sp³-hybridized carbons (Fsp3) is 0.333.